The van der Waals surface area contributed by atoms with Crippen molar-refractivity contribution in [2.45, 2.75) is 25.3 Å². The average molecular weight is 336 g/mol. The van der Waals surface area contributed by atoms with Gasteiger partial charge in [-0.25, -0.2) is 4.98 Å². The molecule has 0 saturated heterocycles. The minimum atomic E-state index is 0.00219. The van der Waals surface area contributed by atoms with E-state index >= 15 is 0 Å². The molecule has 0 saturated carbocycles. The maximum atomic E-state index is 9.35. The van der Waals surface area contributed by atoms with E-state index in [0.717, 1.165) is 24.3 Å². The third-order valence-electron chi connectivity index (χ3n) is 4.37. The molecule has 0 fully saturated rings. The van der Waals surface area contributed by atoms with Crippen molar-refractivity contribution in [2.24, 2.45) is 0 Å². The lowest BCUT2D eigenvalue weighted by Gasteiger charge is -2.19. The van der Waals surface area contributed by atoms with Crippen molar-refractivity contribution in [3.63, 3.8) is 0 Å². The predicted octanol–water partition coefficient (Wildman–Crippen LogP) is 4.16. The van der Waals surface area contributed by atoms with Gasteiger partial charge in [0, 0.05) is 18.7 Å². The molecule has 0 aliphatic heterocycles. The average Bonchev–Trinajstić information content (AvgIpc) is 3.16. The van der Waals surface area contributed by atoms with Gasteiger partial charge in [-0.2, -0.15) is 0 Å². The largest absolute Gasteiger partial charge is 0.439 e. The first-order valence-electron chi connectivity index (χ1n) is 8.68. The van der Waals surface area contributed by atoms with Crippen LogP contribution in [0.25, 0.3) is 11.3 Å². The van der Waals surface area contributed by atoms with Gasteiger partial charge >= 0.3 is 0 Å². The number of hydrogen-bond acceptors (Lipinski definition) is 4. The Kier molecular flexibility index (Phi) is 5.99. The third kappa shape index (κ3) is 4.56. The first-order chi connectivity index (χ1) is 12.3. The topological polar surface area (TPSA) is 58.3 Å². The summed E-state index contributed by atoms with van der Waals surface area (Å²) in [5, 5.41) is 12.8. The first-order valence-corrected chi connectivity index (χ1v) is 8.68. The molecule has 0 bridgehead atoms. The second-order valence-electron chi connectivity index (χ2n) is 6.18. The van der Waals surface area contributed by atoms with Crippen LogP contribution in [0.15, 0.2) is 71.3 Å². The van der Waals surface area contributed by atoms with Crippen LogP contribution in [0.3, 0.4) is 0 Å². The van der Waals surface area contributed by atoms with Crippen LogP contribution in [0.4, 0.5) is 0 Å². The van der Waals surface area contributed by atoms with Gasteiger partial charge in [0.1, 0.15) is 0 Å². The van der Waals surface area contributed by atoms with Gasteiger partial charge in [0.05, 0.1) is 12.2 Å². The number of aromatic nitrogens is 1. The van der Waals surface area contributed by atoms with Crippen molar-refractivity contribution in [3.8, 4) is 11.3 Å². The van der Waals surface area contributed by atoms with Crippen molar-refractivity contribution in [1.29, 1.82) is 0 Å². The Bertz CT molecular complexity index is 756. The lowest BCUT2D eigenvalue weighted by atomic mass is 9.96. The summed E-state index contributed by atoms with van der Waals surface area (Å²) in [4.78, 5) is 4.41. The van der Waals surface area contributed by atoms with E-state index in [-0.39, 0.29) is 18.6 Å². The number of oxazole rings is 1. The van der Waals surface area contributed by atoms with Crippen LogP contribution < -0.4 is 5.32 Å². The Labute approximate surface area is 148 Å². The monoisotopic (exact) mass is 336 g/mol. The molecule has 2 aromatic carbocycles. The van der Waals surface area contributed by atoms with Crippen molar-refractivity contribution < 1.29 is 9.52 Å². The molecule has 130 valence electrons. The molecular formula is C21H24N2O2. The van der Waals surface area contributed by atoms with Gasteiger partial charge < -0.3 is 14.8 Å². The van der Waals surface area contributed by atoms with Gasteiger partial charge in [-0.3, -0.25) is 0 Å². The maximum absolute atomic E-state index is 9.35. The minimum absolute atomic E-state index is 0.00219. The van der Waals surface area contributed by atoms with Gasteiger partial charge in [0.2, 0.25) is 5.89 Å². The number of nitrogens with zero attached hydrogens (tertiary/aromatic N) is 1. The maximum Gasteiger partial charge on any atom is 0.211 e. The predicted molar refractivity (Wildman–Crippen MR) is 99.2 cm³/mol. The summed E-state index contributed by atoms with van der Waals surface area (Å²) in [5.74, 6) is 1.71. The zero-order valence-electron chi connectivity index (χ0n) is 14.4. The van der Waals surface area contributed by atoms with Crippen molar-refractivity contribution >= 4 is 0 Å². The van der Waals surface area contributed by atoms with Crippen LogP contribution >= 0.6 is 0 Å². The summed E-state index contributed by atoms with van der Waals surface area (Å²) in [7, 11) is 0. The highest BCUT2D eigenvalue weighted by atomic mass is 16.4. The molecule has 2 unspecified atom stereocenters. The zero-order chi connectivity index (χ0) is 17.5. The SMILES string of the molecule is CC(NCC(CCO)c1ccccc1)c1ncc(-c2ccccc2)o1. The zero-order valence-corrected chi connectivity index (χ0v) is 14.4. The van der Waals surface area contributed by atoms with Crippen LogP contribution in [-0.2, 0) is 0 Å². The van der Waals surface area contributed by atoms with Crippen LogP contribution in [0.1, 0.15) is 36.8 Å². The molecule has 2 N–H and O–H groups in total. The molecule has 0 amide bonds. The Balaban J connectivity index is 1.63. The third-order valence-corrected chi connectivity index (χ3v) is 4.37. The Morgan fingerprint density at radius 2 is 1.72 bits per heavy atom. The molecule has 3 aromatic rings. The summed E-state index contributed by atoms with van der Waals surface area (Å²) < 4.78 is 5.91. The van der Waals surface area contributed by atoms with Gasteiger partial charge in [-0.15, -0.1) is 0 Å². The van der Waals surface area contributed by atoms with Crippen molar-refractivity contribution in [1.82, 2.24) is 10.3 Å². The summed E-state index contributed by atoms with van der Waals surface area (Å²) in [5.41, 5.74) is 2.25. The second kappa shape index (κ2) is 8.60. The van der Waals surface area contributed by atoms with Crippen molar-refractivity contribution in [3.05, 3.63) is 78.3 Å². The number of rotatable bonds is 8. The number of hydrogen-bond donors (Lipinski definition) is 2. The lowest BCUT2D eigenvalue weighted by molar-refractivity contribution is 0.271. The molecule has 0 radical (unpaired) electrons. The van der Waals surface area contributed by atoms with Gasteiger partial charge in [0.25, 0.3) is 0 Å². The number of aliphatic hydroxyl groups excluding tert-OH is 1. The highest BCUT2D eigenvalue weighted by molar-refractivity contribution is 5.55. The van der Waals surface area contributed by atoms with E-state index in [1.165, 1.54) is 5.56 Å². The van der Waals surface area contributed by atoms with Crippen LogP contribution in [0, 0.1) is 0 Å². The van der Waals surface area contributed by atoms with Crippen molar-refractivity contribution in [2.75, 3.05) is 13.2 Å². The summed E-state index contributed by atoms with van der Waals surface area (Å²) in [6, 6.07) is 20.2. The molecule has 4 heteroatoms. The fraction of sp³-hybridized carbons (Fsp3) is 0.286. The summed E-state index contributed by atoms with van der Waals surface area (Å²) in [6.07, 6.45) is 2.50. The molecule has 0 aliphatic carbocycles. The molecule has 1 heterocycles. The fourth-order valence-electron chi connectivity index (χ4n) is 2.90. The molecule has 25 heavy (non-hydrogen) atoms. The molecule has 4 nitrogen and oxygen atoms in total. The number of nitrogens with one attached hydrogen (secondary N) is 1. The number of aliphatic hydroxyl groups is 1. The normalized spacial score (nSPS) is 13.5. The summed E-state index contributed by atoms with van der Waals surface area (Å²) >= 11 is 0. The quantitative estimate of drug-likeness (QED) is 0.648. The van der Waals surface area contributed by atoms with E-state index in [1.54, 1.807) is 6.20 Å². The molecule has 2 atom stereocenters. The smallest absolute Gasteiger partial charge is 0.211 e. The van der Waals surface area contributed by atoms with Gasteiger partial charge in [0.15, 0.2) is 5.76 Å². The van der Waals surface area contributed by atoms with Crippen LogP contribution in [-0.4, -0.2) is 23.2 Å². The van der Waals surface area contributed by atoms with E-state index in [9.17, 15) is 5.11 Å². The van der Waals surface area contributed by atoms with E-state index in [4.69, 9.17) is 4.42 Å². The highest BCUT2D eigenvalue weighted by Gasteiger charge is 2.16. The molecule has 0 spiro atoms. The Morgan fingerprint density at radius 3 is 2.40 bits per heavy atom. The Morgan fingerprint density at radius 1 is 1.04 bits per heavy atom. The fourth-order valence-corrected chi connectivity index (χ4v) is 2.90. The van der Waals surface area contributed by atoms with Crippen LogP contribution in [0.5, 0.6) is 0 Å². The highest BCUT2D eigenvalue weighted by Crippen LogP contribution is 2.24. The molecule has 0 aliphatic rings. The molecule has 3 rings (SSSR count). The van der Waals surface area contributed by atoms with E-state index < -0.39 is 0 Å². The second-order valence-corrected chi connectivity index (χ2v) is 6.18. The first kappa shape index (κ1) is 17.4. The standard InChI is InChI=1S/C21H24N2O2/c1-16(21-23-15-20(25-21)18-10-6-3-7-11-18)22-14-19(12-13-24)17-8-4-2-5-9-17/h2-11,15-16,19,22,24H,12-14H2,1H3. The Hall–Kier alpha value is -2.43. The lowest BCUT2D eigenvalue weighted by Crippen LogP contribution is -2.25. The van der Waals surface area contributed by atoms with E-state index in [2.05, 4.69) is 22.4 Å². The minimum Gasteiger partial charge on any atom is -0.439 e. The van der Waals surface area contributed by atoms with E-state index in [0.29, 0.717) is 5.89 Å². The van der Waals surface area contributed by atoms with E-state index in [1.807, 2.05) is 55.5 Å². The number of benzene rings is 2. The molecule has 1 aromatic heterocycles. The van der Waals surface area contributed by atoms with Crippen LogP contribution in [0.2, 0.25) is 0 Å². The summed E-state index contributed by atoms with van der Waals surface area (Å²) in [6.45, 7) is 2.98. The van der Waals surface area contributed by atoms with Gasteiger partial charge in [-0.05, 0) is 24.8 Å². The van der Waals surface area contributed by atoms with Gasteiger partial charge in [-0.1, -0.05) is 60.7 Å². The molecular weight excluding hydrogens is 312 g/mol.